The first-order valence-corrected chi connectivity index (χ1v) is 10.5. The Morgan fingerprint density at radius 1 is 1.06 bits per heavy atom. The van der Waals surface area contributed by atoms with Crippen LogP contribution in [0.4, 0.5) is 11.4 Å². The summed E-state index contributed by atoms with van der Waals surface area (Å²) >= 11 is 0. The third-order valence-electron chi connectivity index (χ3n) is 5.22. The Morgan fingerprint density at radius 2 is 1.81 bits per heavy atom. The third kappa shape index (κ3) is 4.69. The van der Waals surface area contributed by atoms with Gasteiger partial charge in [-0.1, -0.05) is 6.07 Å². The summed E-state index contributed by atoms with van der Waals surface area (Å²) in [6.45, 7) is 3.83. The normalized spacial score (nSPS) is 12.8. The number of hydrogen-bond donors (Lipinski definition) is 2. The highest BCUT2D eigenvalue weighted by molar-refractivity contribution is 6.05. The molecule has 1 saturated carbocycles. The predicted molar refractivity (Wildman–Crippen MR) is 120 cm³/mol. The van der Waals surface area contributed by atoms with Crippen LogP contribution >= 0.6 is 0 Å². The lowest BCUT2D eigenvalue weighted by Crippen LogP contribution is -2.14. The van der Waals surface area contributed by atoms with Gasteiger partial charge in [-0.05, 0) is 69.2 Å². The van der Waals surface area contributed by atoms with Crippen molar-refractivity contribution in [2.45, 2.75) is 26.7 Å². The Balaban J connectivity index is 1.45. The molecule has 1 heterocycles. The Morgan fingerprint density at radius 3 is 2.50 bits per heavy atom. The van der Waals surface area contributed by atoms with Crippen LogP contribution in [0.25, 0.3) is 5.69 Å². The van der Waals surface area contributed by atoms with E-state index < -0.39 is 5.97 Å². The van der Waals surface area contributed by atoms with E-state index in [0.717, 1.165) is 12.8 Å². The molecule has 0 atom stereocenters. The molecule has 0 spiro atoms. The van der Waals surface area contributed by atoms with Crippen molar-refractivity contribution in [1.82, 2.24) is 9.78 Å². The fourth-order valence-corrected chi connectivity index (χ4v) is 3.29. The molecule has 4 rings (SSSR count). The number of carbonyl (C=O) groups excluding carboxylic acids is 3. The molecule has 2 amide bonds. The fourth-order valence-electron chi connectivity index (χ4n) is 3.29. The molecule has 3 aromatic rings. The van der Waals surface area contributed by atoms with E-state index in [9.17, 15) is 14.4 Å². The number of hydrogen-bond acceptors (Lipinski definition) is 5. The smallest absolute Gasteiger partial charge is 0.341 e. The molecule has 0 saturated heterocycles. The first-order chi connectivity index (χ1) is 15.5. The zero-order valence-electron chi connectivity index (χ0n) is 17.9. The number of rotatable bonds is 7. The van der Waals surface area contributed by atoms with Crippen LogP contribution in [0, 0.1) is 12.8 Å². The van der Waals surface area contributed by atoms with Gasteiger partial charge in [-0.3, -0.25) is 9.59 Å². The molecule has 8 heteroatoms. The topological polar surface area (TPSA) is 102 Å². The van der Waals surface area contributed by atoms with E-state index in [-0.39, 0.29) is 17.7 Å². The van der Waals surface area contributed by atoms with Gasteiger partial charge in [0.1, 0.15) is 5.56 Å². The van der Waals surface area contributed by atoms with Gasteiger partial charge in [-0.15, -0.1) is 0 Å². The highest BCUT2D eigenvalue weighted by atomic mass is 16.5. The second-order valence-corrected chi connectivity index (χ2v) is 7.62. The molecular formula is C24H24N4O4. The molecular weight excluding hydrogens is 408 g/mol. The van der Waals surface area contributed by atoms with Gasteiger partial charge in [0, 0.05) is 22.9 Å². The maximum atomic E-state index is 12.7. The predicted octanol–water partition coefficient (Wildman–Crippen LogP) is 3.96. The van der Waals surface area contributed by atoms with E-state index >= 15 is 0 Å². The molecule has 8 nitrogen and oxygen atoms in total. The van der Waals surface area contributed by atoms with Crippen molar-refractivity contribution in [2.75, 3.05) is 17.2 Å². The van der Waals surface area contributed by atoms with Crippen LogP contribution in [0.5, 0.6) is 0 Å². The standard InChI is InChI=1S/C24H24N4O4/c1-3-32-24(31)21-14-25-28(15(21)2)20-6-4-5-19(13-20)27-23(30)17-9-11-18(12-10-17)26-22(29)16-7-8-16/h4-6,9-14,16H,3,7-8H2,1-2H3,(H,26,29)(H,27,30). The Kier molecular flexibility index (Phi) is 6.02. The molecule has 1 aliphatic rings. The molecule has 164 valence electrons. The quantitative estimate of drug-likeness (QED) is 0.550. The lowest BCUT2D eigenvalue weighted by molar-refractivity contribution is -0.117. The van der Waals surface area contributed by atoms with Crippen LogP contribution < -0.4 is 10.6 Å². The van der Waals surface area contributed by atoms with Crippen molar-refractivity contribution in [3.05, 3.63) is 71.5 Å². The Hall–Kier alpha value is -3.94. The number of anilines is 2. The van der Waals surface area contributed by atoms with E-state index in [2.05, 4.69) is 15.7 Å². The monoisotopic (exact) mass is 432 g/mol. The number of nitrogens with one attached hydrogen (secondary N) is 2. The minimum absolute atomic E-state index is 0.0269. The first-order valence-electron chi connectivity index (χ1n) is 10.5. The average molecular weight is 432 g/mol. The van der Waals surface area contributed by atoms with Crippen LogP contribution in [0.15, 0.2) is 54.7 Å². The second kappa shape index (κ2) is 9.05. The van der Waals surface area contributed by atoms with Crippen LogP contribution in [-0.2, 0) is 9.53 Å². The Bertz CT molecular complexity index is 1160. The number of amides is 2. The van der Waals surface area contributed by atoms with Gasteiger partial charge in [0.25, 0.3) is 5.91 Å². The summed E-state index contributed by atoms with van der Waals surface area (Å²) in [6.07, 6.45) is 3.35. The summed E-state index contributed by atoms with van der Waals surface area (Å²) in [6, 6.07) is 14.0. The van der Waals surface area contributed by atoms with E-state index in [4.69, 9.17) is 4.74 Å². The Labute approximate surface area is 185 Å². The van der Waals surface area contributed by atoms with Crippen molar-refractivity contribution in [1.29, 1.82) is 0 Å². The van der Waals surface area contributed by atoms with Crippen LogP contribution in [0.3, 0.4) is 0 Å². The average Bonchev–Trinajstić information content (AvgIpc) is 3.56. The SMILES string of the molecule is CCOC(=O)c1cnn(-c2cccc(NC(=O)c3ccc(NC(=O)C4CC4)cc3)c2)c1C. The van der Waals surface area contributed by atoms with Gasteiger partial charge in [0.2, 0.25) is 5.91 Å². The van der Waals surface area contributed by atoms with Crippen molar-refractivity contribution < 1.29 is 19.1 Å². The van der Waals surface area contributed by atoms with Gasteiger partial charge in [-0.2, -0.15) is 5.10 Å². The summed E-state index contributed by atoms with van der Waals surface area (Å²) in [5.74, 6) is -0.541. The van der Waals surface area contributed by atoms with Gasteiger partial charge in [0.05, 0.1) is 24.2 Å². The van der Waals surface area contributed by atoms with Crippen molar-refractivity contribution in [3.63, 3.8) is 0 Å². The van der Waals surface area contributed by atoms with Crippen molar-refractivity contribution in [2.24, 2.45) is 5.92 Å². The second-order valence-electron chi connectivity index (χ2n) is 7.62. The molecule has 1 aromatic heterocycles. The number of nitrogens with zero attached hydrogens (tertiary/aromatic N) is 2. The molecule has 0 unspecified atom stereocenters. The minimum Gasteiger partial charge on any atom is -0.462 e. The highest BCUT2D eigenvalue weighted by Gasteiger charge is 2.29. The number of esters is 1. The van der Waals surface area contributed by atoms with Gasteiger partial charge < -0.3 is 15.4 Å². The largest absolute Gasteiger partial charge is 0.462 e. The van der Waals surface area contributed by atoms with Crippen molar-refractivity contribution >= 4 is 29.2 Å². The van der Waals surface area contributed by atoms with Crippen molar-refractivity contribution in [3.8, 4) is 5.69 Å². The molecule has 2 N–H and O–H groups in total. The molecule has 1 aliphatic carbocycles. The molecule has 0 aliphatic heterocycles. The maximum Gasteiger partial charge on any atom is 0.341 e. The zero-order chi connectivity index (χ0) is 22.7. The first kappa shape index (κ1) is 21.3. The summed E-state index contributed by atoms with van der Waals surface area (Å²) < 4.78 is 6.68. The number of benzene rings is 2. The fraction of sp³-hybridized carbons (Fsp3) is 0.250. The number of ether oxygens (including phenoxy) is 1. The van der Waals surface area contributed by atoms with Gasteiger partial charge in [-0.25, -0.2) is 9.48 Å². The summed E-state index contributed by atoms with van der Waals surface area (Å²) in [7, 11) is 0. The van der Waals surface area contributed by atoms with E-state index in [1.165, 1.54) is 6.20 Å². The van der Waals surface area contributed by atoms with E-state index in [1.807, 2.05) is 6.07 Å². The van der Waals surface area contributed by atoms with Crippen LogP contribution in [-0.4, -0.2) is 34.2 Å². The van der Waals surface area contributed by atoms with Gasteiger partial charge >= 0.3 is 5.97 Å². The molecule has 0 bridgehead atoms. The van der Waals surface area contributed by atoms with E-state index in [1.54, 1.807) is 61.0 Å². The molecule has 0 radical (unpaired) electrons. The lowest BCUT2D eigenvalue weighted by Gasteiger charge is -2.10. The third-order valence-corrected chi connectivity index (χ3v) is 5.22. The summed E-state index contributed by atoms with van der Waals surface area (Å²) in [5, 5.41) is 10.0. The maximum absolute atomic E-state index is 12.7. The van der Waals surface area contributed by atoms with E-state index in [0.29, 0.717) is 40.5 Å². The molecule has 1 fully saturated rings. The summed E-state index contributed by atoms with van der Waals surface area (Å²) in [4.78, 5) is 36.6. The number of carbonyl (C=O) groups is 3. The van der Waals surface area contributed by atoms with Crippen LogP contribution in [0.1, 0.15) is 46.2 Å². The highest BCUT2D eigenvalue weighted by Crippen LogP contribution is 2.30. The van der Waals surface area contributed by atoms with Gasteiger partial charge in [0.15, 0.2) is 0 Å². The lowest BCUT2D eigenvalue weighted by atomic mass is 10.1. The number of aromatic nitrogens is 2. The molecule has 32 heavy (non-hydrogen) atoms. The molecule has 2 aromatic carbocycles. The zero-order valence-corrected chi connectivity index (χ0v) is 17.9. The minimum atomic E-state index is -0.419. The van der Waals surface area contributed by atoms with Crippen LogP contribution in [0.2, 0.25) is 0 Å². The summed E-state index contributed by atoms with van der Waals surface area (Å²) in [5.41, 5.74) is 3.48.